The monoisotopic (exact) mass is 357 g/mol. The van der Waals surface area contributed by atoms with Gasteiger partial charge in [-0.3, -0.25) is 0 Å². The van der Waals surface area contributed by atoms with Gasteiger partial charge in [0.1, 0.15) is 5.76 Å². The van der Waals surface area contributed by atoms with E-state index in [0.29, 0.717) is 25.5 Å². The Morgan fingerprint density at radius 1 is 1.27 bits per heavy atom. The Labute approximate surface area is 152 Å². The molecule has 6 nitrogen and oxygen atoms in total. The Bertz CT molecular complexity index is 773. The van der Waals surface area contributed by atoms with Crippen molar-refractivity contribution in [3.8, 4) is 11.5 Å². The highest BCUT2D eigenvalue weighted by molar-refractivity contribution is 5.75. The lowest BCUT2D eigenvalue weighted by Gasteiger charge is -2.33. The number of oxazole rings is 1. The Hall–Kier alpha value is -2.44. The fourth-order valence-corrected chi connectivity index (χ4v) is 2.71. The van der Waals surface area contributed by atoms with Gasteiger partial charge in [0.25, 0.3) is 5.79 Å². The SMILES string of the molecule is Cc1oc(-c2ccccc2)nc1C/C=C/CC1COC(C)(C(=O)O)OC1. The average molecular weight is 357 g/mol. The molecule has 1 aromatic carbocycles. The third-order valence-electron chi connectivity index (χ3n) is 4.44. The molecule has 0 bridgehead atoms. The zero-order chi connectivity index (χ0) is 18.6. The number of hydrogen-bond donors (Lipinski definition) is 1. The zero-order valence-corrected chi connectivity index (χ0v) is 15.0. The first-order chi connectivity index (χ1) is 12.5. The molecule has 1 saturated heterocycles. The average Bonchev–Trinajstić information content (AvgIpc) is 3.02. The number of aromatic nitrogens is 1. The minimum atomic E-state index is -1.52. The molecule has 6 heteroatoms. The van der Waals surface area contributed by atoms with Gasteiger partial charge in [-0.25, -0.2) is 9.78 Å². The van der Waals surface area contributed by atoms with Crippen molar-refractivity contribution >= 4 is 5.97 Å². The number of aliphatic carboxylic acids is 1. The molecule has 0 saturated carbocycles. The molecule has 0 unspecified atom stereocenters. The molecule has 2 heterocycles. The molecular formula is C20H23NO5. The third kappa shape index (κ3) is 4.20. The van der Waals surface area contributed by atoms with Crippen LogP contribution in [0.5, 0.6) is 0 Å². The standard InChI is InChI=1S/C20H23NO5/c1-14-17(21-18(26-14)16-9-4-3-5-10-16)11-7-6-8-15-12-24-20(2,19(22)23)25-13-15/h3-7,9-10,15H,8,11-13H2,1-2H3,(H,22,23)/b7-6+. The number of benzene rings is 1. The molecule has 0 radical (unpaired) electrons. The van der Waals surface area contributed by atoms with Crippen LogP contribution >= 0.6 is 0 Å². The summed E-state index contributed by atoms with van der Waals surface area (Å²) in [6, 6.07) is 9.81. The summed E-state index contributed by atoms with van der Waals surface area (Å²) in [7, 11) is 0. The number of hydrogen-bond acceptors (Lipinski definition) is 5. The van der Waals surface area contributed by atoms with Crippen LogP contribution in [-0.2, 0) is 20.7 Å². The van der Waals surface area contributed by atoms with Crippen molar-refractivity contribution in [2.24, 2.45) is 5.92 Å². The van der Waals surface area contributed by atoms with Crippen LogP contribution in [-0.4, -0.2) is 35.1 Å². The highest BCUT2D eigenvalue weighted by Crippen LogP contribution is 2.24. The maximum Gasteiger partial charge on any atom is 0.364 e. The Balaban J connectivity index is 1.51. The van der Waals surface area contributed by atoms with Crippen molar-refractivity contribution < 1.29 is 23.8 Å². The fraction of sp³-hybridized carbons (Fsp3) is 0.400. The summed E-state index contributed by atoms with van der Waals surface area (Å²) in [5.41, 5.74) is 1.87. The van der Waals surface area contributed by atoms with Crippen LogP contribution in [0.1, 0.15) is 24.8 Å². The number of nitrogens with zero attached hydrogens (tertiary/aromatic N) is 1. The first-order valence-corrected chi connectivity index (χ1v) is 8.66. The van der Waals surface area contributed by atoms with Crippen molar-refractivity contribution in [2.45, 2.75) is 32.5 Å². The van der Waals surface area contributed by atoms with Crippen molar-refractivity contribution in [2.75, 3.05) is 13.2 Å². The molecule has 1 fully saturated rings. The molecule has 0 atom stereocenters. The van der Waals surface area contributed by atoms with E-state index in [1.54, 1.807) is 0 Å². The van der Waals surface area contributed by atoms with E-state index in [2.05, 4.69) is 11.1 Å². The Kier molecular flexibility index (Phi) is 5.54. The lowest BCUT2D eigenvalue weighted by Crippen LogP contribution is -2.47. The Morgan fingerprint density at radius 3 is 2.62 bits per heavy atom. The fourth-order valence-electron chi connectivity index (χ4n) is 2.71. The summed E-state index contributed by atoms with van der Waals surface area (Å²) in [6.45, 7) is 4.08. The predicted molar refractivity (Wildman–Crippen MR) is 95.6 cm³/mol. The largest absolute Gasteiger partial charge is 0.477 e. The summed E-state index contributed by atoms with van der Waals surface area (Å²) < 4.78 is 16.4. The number of ether oxygens (including phenoxy) is 2. The van der Waals surface area contributed by atoms with Crippen molar-refractivity contribution in [1.82, 2.24) is 4.98 Å². The molecule has 26 heavy (non-hydrogen) atoms. The number of rotatable bonds is 6. The van der Waals surface area contributed by atoms with Gasteiger partial charge in [0, 0.05) is 24.8 Å². The van der Waals surface area contributed by atoms with E-state index in [1.807, 2.05) is 43.3 Å². The van der Waals surface area contributed by atoms with Crippen LogP contribution in [0.3, 0.4) is 0 Å². The molecule has 0 amide bonds. The lowest BCUT2D eigenvalue weighted by atomic mass is 10.1. The summed E-state index contributed by atoms with van der Waals surface area (Å²) in [5.74, 6) is -1.02. The van der Waals surface area contributed by atoms with Crippen LogP contribution in [0.2, 0.25) is 0 Å². The van der Waals surface area contributed by atoms with Crippen LogP contribution in [0.25, 0.3) is 11.5 Å². The topological polar surface area (TPSA) is 81.8 Å². The summed E-state index contributed by atoms with van der Waals surface area (Å²) >= 11 is 0. The summed E-state index contributed by atoms with van der Waals surface area (Å²) in [4.78, 5) is 15.6. The quantitative estimate of drug-likeness (QED) is 0.796. The van der Waals surface area contributed by atoms with Crippen LogP contribution in [0.15, 0.2) is 46.9 Å². The minimum absolute atomic E-state index is 0.150. The maximum absolute atomic E-state index is 11.1. The van der Waals surface area contributed by atoms with E-state index in [0.717, 1.165) is 23.4 Å². The van der Waals surface area contributed by atoms with Gasteiger partial charge < -0.3 is 19.0 Å². The molecule has 0 spiro atoms. The van der Waals surface area contributed by atoms with Gasteiger partial charge in [0.05, 0.1) is 18.9 Å². The van der Waals surface area contributed by atoms with Gasteiger partial charge >= 0.3 is 5.97 Å². The summed E-state index contributed by atoms with van der Waals surface area (Å²) in [6.07, 6.45) is 5.54. The van der Waals surface area contributed by atoms with E-state index >= 15 is 0 Å². The van der Waals surface area contributed by atoms with Gasteiger partial charge in [-0.15, -0.1) is 0 Å². The van der Waals surface area contributed by atoms with Crippen molar-refractivity contribution in [1.29, 1.82) is 0 Å². The second-order valence-electron chi connectivity index (χ2n) is 6.54. The third-order valence-corrected chi connectivity index (χ3v) is 4.44. The highest BCUT2D eigenvalue weighted by atomic mass is 16.7. The second kappa shape index (κ2) is 7.85. The molecule has 2 aromatic rings. The van der Waals surface area contributed by atoms with E-state index in [1.165, 1.54) is 6.92 Å². The van der Waals surface area contributed by atoms with E-state index in [4.69, 9.17) is 19.0 Å². The highest BCUT2D eigenvalue weighted by Gasteiger charge is 2.40. The minimum Gasteiger partial charge on any atom is -0.477 e. The lowest BCUT2D eigenvalue weighted by molar-refractivity contribution is -0.270. The molecule has 3 rings (SSSR count). The van der Waals surface area contributed by atoms with E-state index in [-0.39, 0.29) is 5.92 Å². The van der Waals surface area contributed by atoms with Crippen LogP contribution in [0.4, 0.5) is 0 Å². The zero-order valence-electron chi connectivity index (χ0n) is 15.0. The summed E-state index contributed by atoms with van der Waals surface area (Å²) in [5, 5.41) is 9.05. The number of carboxylic acid groups (broad SMARTS) is 1. The van der Waals surface area contributed by atoms with Gasteiger partial charge in [0.2, 0.25) is 5.89 Å². The smallest absolute Gasteiger partial charge is 0.364 e. The molecule has 1 aliphatic heterocycles. The van der Waals surface area contributed by atoms with Crippen molar-refractivity contribution in [3.63, 3.8) is 0 Å². The van der Waals surface area contributed by atoms with Crippen molar-refractivity contribution in [3.05, 3.63) is 53.9 Å². The number of carboxylic acids is 1. The second-order valence-corrected chi connectivity index (χ2v) is 6.54. The van der Waals surface area contributed by atoms with Crippen LogP contribution in [0, 0.1) is 12.8 Å². The predicted octanol–water partition coefficient (Wildman–Crippen LogP) is 3.60. The van der Waals surface area contributed by atoms with Gasteiger partial charge in [-0.1, -0.05) is 30.4 Å². The molecule has 1 aromatic heterocycles. The molecular weight excluding hydrogens is 334 g/mol. The number of aryl methyl sites for hydroxylation is 1. The Morgan fingerprint density at radius 2 is 1.96 bits per heavy atom. The molecule has 1 N–H and O–H groups in total. The van der Waals surface area contributed by atoms with E-state index < -0.39 is 11.8 Å². The first kappa shape index (κ1) is 18.4. The van der Waals surface area contributed by atoms with Crippen LogP contribution < -0.4 is 0 Å². The molecule has 0 aliphatic carbocycles. The maximum atomic E-state index is 11.1. The first-order valence-electron chi connectivity index (χ1n) is 8.66. The van der Waals surface area contributed by atoms with Gasteiger partial charge in [0.15, 0.2) is 0 Å². The molecule has 1 aliphatic rings. The van der Waals surface area contributed by atoms with Gasteiger partial charge in [-0.05, 0) is 25.5 Å². The normalized spacial score (nSPS) is 23.4. The van der Waals surface area contributed by atoms with E-state index in [9.17, 15) is 4.79 Å². The molecule has 138 valence electrons. The van der Waals surface area contributed by atoms with Gasteiger partial charge in [-0.2, -0.15) is 0 Å². The number of carbonyl (C=O) groups is 1. The number of allylic oxidation sites excluding steroid dienone is 2.